The summed E-state index contributed by atoms with van der Waals surface area (Å²) in [6.07, 6.45) is -3.16. The van der Waals surface area contributed by atoms with E-state index in [4.69, 9.17) is 10.2 Å². The smallest absolute Gasteiger partial charge is 0.305 e. The summed E-state index contributed by atoms with van der Waals surface area (Å²) in [4.78, 5) is 84.0. The van der Waals surface area contributed by atoms with E-state index in [1.807, 2.05) is 0 Å². The molecule has 0 aromatic carbocycles. The number of carboxylic acids is 2. The van der Waals surface area contributed by atoms with Crippen molar-refractivity contribution in [2.75, 3.05) is 6.54 Å². The van der Waals surface area contributed by atoms with E-state index in [0.717, 1.165) is 0 Å². The van der Waals surface area contributed by atoms with E-state index in [1.54, 1.807) is 0 Å². The van der Waals surface area contributed by atoms with E-state index in [2.05, 4.69) is 26.6 Å². The van der Waals surface area contributed by atoms with Gasteiger partial charge in [-0.05, 0) is 20.3 Å². The number of carboxylic acid groups (broad SMARTS) is 2. The van der Waals surface area contributed by atoms with Crippen LogP contribution >= 0.6 is 0 Å². The van der Waals surface area contributed by atoms with Gasteiger partial charge < -0.3 is 41.9 Å². The van der Waals surface area contributed by atoms with E-state index in [9.17, 15) is 38.7 Å². The topological polar surface area (TPSA) is 240 Å². The van der Waals surface area contributed by atoms with Gasteiger partial charge in [-0.15, -0.1) is 0 Å². The second-order valence-electron chi connectivity index (χ2n) is 7.39. The summed E-state index contributed by atoms with van der Waals surface area (Å²) in [6, 6.07) is -5.89. The molecule has 1 saturated heterocycles. The molecular weight excluding hydrogens is 446 g/mol. The molecule has 5 amide bonds. The highest BCUT2D eigenvalue weighted by Crippen LogP contribution is 2.03. The second kappa shape index (κ2) is 12.3. The predicted octanol–water partition coefficient (Wildman–Crippen LogP) is -4.20. The highest BCUT2D eigenvalue weighted by Gasteiger charge is 2.33. The maximum absolute atomic E-state index is 12.6. The number of aliphatic carboxylic acids is 2. The Balaban J connectivity index is 3.26. The van der Waals surface area contributed by atoms with Crippen LogP contribution in [0.1, 0.15) is 33.1 Å². The lowest BCUT2D eigenvalue weighted by molar-refractivity contribution is -0.141. The standard InChI is InChI=1S/C18H27N5O10/c1-7-15(30)22-9(3-4-12(26)27)16(31)23-14(8(2)24)18(33)19-6-11(25)21-10(5-13(28)29)17(32)20-7/h7-10,14,24H,3-6H2,1-2H3,(H,19,33)(H,20,32)(H,21,25)(H,22,30)(H,23,31)(H,26,27)(H,28,29)/t7-,8+,9-,10-,14-/m0/s1. The number of amides is 5. The molecule has 184 valence electrons. The predicted molar refractivity (Wildman–Crippen MR) is 107 cm³/mol. The number of carbonyl (C=O) groups is 7. The van der Waals surface area contributed by atoms with Gasteiger partial charge in [-0.25, -0.2) is 0 Å². The summed E-state index contributed by atoms with van der Waals surface area (Å²) in [5, 5.41) is 38.7. The van der Waals surface area contributed by atoms with Crippen LogP contribution in [-0.2, 0) is 33.6 Å². The number of aliphatic hydroxyl groups excluding tert-OH is 1. The van der Waals surface area contributed by atoms with Gasteiger partial charge in [0.05, 0.1) is 19.1 Å². The van der Waals surface area contributed by atoms with Crippen LogP contribution in [0.5, 0.6) is 0 Å². The van der Waals surface area contributed by atoms with Crippen molar-refractivity contribution in [3.05, 3.63) is 0 Å². The van der Waals surface area contributed by atoms with E-state index in [-0.39, 0.29) is 6.42 Å². The van der Waals surface area contributed by atoms with Gasteiger partial charge in [0.15, 0.2) is 0 Å². The first kappa shape index (κ1) is 27.3. The lowest BCUT2D eigenvalue weighted by Crippen LogP contribution is -2.58. The Morgan fingerprint density at radius 2 is 1.48 bits per heavy atom. The van der Waals surface area contributed by atoms with Crippen LogP contribution in [0.3, 0.4) is 0 Å². The molecular formula is C18H27N5O10. The Hall–Kier alpha value is -3.75. The van der Waals surface area contributed by atoms with Gasteiger partial charge in [0.2, 0.25) is 29.5 Å². The number of hydrogen-bond donors (Lipinski definition) is 8. The highest BCUT2D eigenvalue weighted by molar-refractivity contribution is 5.98. The second-order valence-corrected chi connectivity index (χ2v) is 7.39. The molecule has 0 saturated carbocycles. The third-order valence-electron chi connectivity index (χ3n) is 4.55. The van der Waals surface area contributed by atoms with Crippen molar-refractivity contribution < 1.29 is 48.9 Å². The molecule has 0 spiro atoms. The lowest BCUT2D eigenvalue weighted by Gasteiger charge is -2.25. The van der Waals surface area contributed by atoms with Crippen LogP contribution in [-0.4, -0.2) is 93.6 Å². The van der Waals surface area contributed by atoms with Gasteiger partial charge in [0, 0.05) is 6.42 Å². The maximum Gasteiger partial charge on any atom is 0.305 e. The summed E-state index contributed by atoms with van der Waals surface area (Å²) in [6.45, 7) is 1.69. The average molecular weight is 473 g/mol. The molecule has 1 aliphatic rings. The molecule has 0 bridgehead atoms. The van der Waals surface area contributed by atoms with E-state index >= 15 is 0 Å². The van der Waals surface area contributed by atoms with Crippen molar-refractivity contribution in [2.45, 2.75) is 63.4 Å². The zero-order valence-electron chi connectivity index (χ0n) is 17.9. The third kappa shape index (κ3) is 9.10. The zero-order valence-corrected chi connectivity index (χ0v) is 17.9. The fourth-order valence-electron chi connectivity index (χ4n) is 2.78. The molecule has 1 aliphatic heterocycles. The molecule has 15 nitrogen and oxygen atoms in total. The summed E-state index contributed by atoms with van der Waals surface area (Å²) in [5.41, 5.74) is 0. The third-order valence-corrected chi connectivity index (χ3v) is 4.55. The maximum atomic E-state index is 12.6. The van der Waals surface area contributed by atoms with Crippen molar-refractivity contribution in [2.24, 2.45) is 0 Å². The Morgan fingerprint density at radius 3 is 2.03 bits per heavy atom. The van der Waals surface area contributed by atoms with Crippen LogP contribution in [0.25, 0.3) is 0 Å². The highest BCUT2D eigenvalue weighted by atomic mass is 16.4. The van der Waals surface area contributed by atoms with Gasteiger partial charge >= 0.3 is 11.9 Å². The number of nitrogens with one attached hydrogen (secondary N) is 5. The monoisotopic (exact) mass is 473 g/mol. The largest absolute Gasteiger partial charge is 0.481 e. The summed E-state index contributed by atoms with van der Waals surface area (Å²) < 4.78 is 0. The van der Waals surface area contributed by atoms with Crippen LogP contribution in [0.4, 0.5) is 0 Å². The fourth-order valence-corrected chi connectivity index (χ4v) is 2.78. The minimum atomic E-state index is -1.58. The van der Waals surface area contributed by atoms with Crippen LogP contribution < -0.4 is 26.6 Å². The van der Waals surface area contributed by atoms with Crippen molar-refractivity contribution in [3.63, 3.8) is 0 Å². The van der Waals surface area contributed by atoms with Crippen molar-refractivity contribution in [3.8, 4) is 0 Å². The fraction of sp³-hybridized carbons (Fsp3) is 0.611. The van der Waals surface area contributed by atoms with Gasteiger partial charge in [-0.1, -0.05) is 0 Å². The van der Waals surface area contributed by atoms with Crippen LogP contribution in [0.15, 0.2) is 0 Å². The molecule has 0 unspecified atom stereocenters. The molecule has 1 rings (SSSR count). The van der Waals surface area contributed by atoms with Crippen LogP contribution in [0, 0.1) is 0 Å². The summed E-state index contributed by atoms with van der Waals surface area (Å²) in [7, 11) is 0. The number of carbonyl (C=O) groups excluding carboxylic acids is 5. The molecule has 15 heteroatoms. The lowest BCUT2D eigenvalue weighted by atomic mass is 10.1. The minimum absolute atomic E-state index is 0.372. The average Bonchev–Trinajstić information content (AvgIpc) is 2.70. The molecule has 1 fully saturated rings. The number of hydrogen-bond acceptors (Lipinski definition) is 8. The van der Waals surface area contributed by atoms with Crippen LogP contribution in [0.2, 0.25) is 0 Å². The molecule has 0 aliphatic carbocycles. The van der Waals surface area contributed by atoms with Gasteiger partial charge in [-0.2, -0.15) is 0 Å². The molecule has 5 atom stereocenters. The number of aliphatic hydroxyl groups is 1. The van der Waals surface area contributed by atoms with Crippen molar-refractivity contribution in [1.29, 1.82) is 0 Å². The Labute approximate surface area is 187 Å². The van der Waals surface area contributed by atoms with Crippen molar-refractivity contribution >= 4 is 41.5 Å². The molecule has 1 heterocycles. The van der Waals surface area contributed by atoms with Gasteiger partial charge in [-0.3, -0.25) is 33.6 Å². The first-order valence-electron chi connectivity index (χ1n) is 9.91. The summed E-state index contributed by atoms with van der Waals surface area (Å²) >= 11 is 0. The molecule has 0 aromatic heterocycles. The SMILES string of the molecule is C[C@@H]1NC(=O)[C@H](CC(=O)O)NC(=O)CNC(=O)[C@H]([C@@H](C)O)NC(=O)[C@H](CCC(=O)O)NC1=O. The first-order chi connectivity index (χ1) is 15.3. The Morgan fingerprint density at radius 1 is 0.879 bits per heavy atom. The first-order valence-corrected chi connectivity index (χ1v) is 9.91. The quantitative estimate of drug-likeness (QED) is 0.185. The zero-order chi connectivity index (χ0) is 25.3. The minimum Gasteiger partial charge on any atom is -0.481 e. The van der Waals surface area contributed by atoms with E-state index in [0.29, 0.717) is 0 Å². The van der Waals surface area contributed by atoms with Crippen molar-refractivity contribution in [1.82, 2.24) is 26.6 Å². The molecule has 0 aromatic rings. The Kier molecular flexibility index (Phi) is 10.2. The Bertz CT molecular complexity index is 814. The van der Waals surface area contributed by atoms with Gasteiger partial charge in [0.25, 0.3) is 0 Å². The summed E-state index contributed by atoms with van der Waals surface area (Å²) in [5.74, 6) is -7.52. The number of rotatable bonds is 6. The molecule has 33 heavy (non-hydrogen) atoms. The normalized spacial score (nSPS) is 26.3. The molecule has 8 N–H and O–H groups in total. The molecule has 0 radical (unpaired) electrons. The van der Waals surface area contributed by atoms with Gasteiger partial charge in [0.1, 0.15) is 24.2 Å². The van der Waals surface area contributed by atoms with E-state index < -0.39 is 91.1 Å². The van der Waals surface area contributed by atoms with E-state index in [1.165, 1.54) is 13.8 Å².